The summed E-state index contributed by atoms with van der Waals surface area (Å²) in [6.07, 6.45) is 5.78. The highest BCUT2D eigenvalue weighted by Gasteiger charge is 2.11. The van der Waals surface area contributed by atoms with Crippen LogP contribution in [-0.2, 0) is 6.54 Å². The van der Waals surface area contributed by atoms with Crippen molar-refractivity contribution in [1.82, 2.24) is 35.1 Å². The van der Waals surface area contributed by atoms with Gasteiger partial charge in [-0.15, -0.1) is 5.10 Å². The summed E-state index contributed by atoms with van der Waals surface area (Å²) in [6.45, 7) is 5.42. The first-order valence-electron chi connectivity index (χ1n) is 8.27. The summed E-state index contributed by atoms with van der Waals surface area (Å²) < 4.78 is 3.60. The molecule has 0 radical (unpaired) electrons. The Morgan fingerprint density at radius 3 is 2.72 bits per heavy atom. The number of aryl methyl sites for hydroxylation is 1. The van der Waals surface area contributed by atoms with Crippen molar-refractivity contribution in [3.63, 3.8) is 0 Å². The summed E-state index contributed by atoms with van der Waals surface area (Å²) in [5.41, 5.74) is 1.56. The molecule has 8 nitrogen and oxygen atoms in total. The number of carbonyl (C=O) groups excluding carboxylic acids is 1. The van der Waals surface area contributed by atoms with Crippen molar-refractivity contribution < 1.29 is 4.79 Å². The lowest BCUT2D eigenvalue weighted by atomic mass is 10.1. The van der Waals surface area contributed by atoms with Crippen LogP contribution in [0, 0.1) is 0 Å². The van der Waals surface area contributed by atoms with Gasteiger partial charge in [-0.3, -0.25) is 9.48 Å². The van der Waals surface area contributed by atoms with Gasteiger partial charge in [0.1, 0.15) is 6.33 Å². The van der Waals surface area contributed by atoms with E-state index in [1.807, 2.05) is 16.8 Å². The molecule has 130 valence electrons. The molecular weight excluding hydrogens is 318 g/mol. The molecule has 0 fully saturated rings. The van der Waals surface area contributed by atoms with Crippen molar-refractivity contribution in [2.45, 2.75) is 32.9 Å². The van der Waals surface area contributed by atoms with Crippen LogP contribution in [0.3, 0.4) is 0 Å². The predicted octanol–water partition coefficient (Wildman–Crippen LogP) is 1.94. The lowest BCUT2D eigenvalue weighted by Crippen LogP contribution is -2.25. The van der Waals surface area contributed by atoms with Crippen molar-refractivity contribution in [2.24, 2.45) is 0 Å². The van der Waals surface area contributed by atoms with Crippen molar-refractivity contribution in [3.05, 3.63) is 48.5 Å². The van der Waals surface area contributed by atoms with E-state index < -0.39 is 0 Å². The Hall–Kier alpha value is -3.03. The number of rotatable bonds is 7. The Kier molecular flexibility index (Phi) is 5.17. The predicted molar refractivity (Wildman–Crippen MR) is 92.8 cm³/mol. The van der Waals surface area contributed by atoms with E-state index >= 15 is 0 Å². The van der Waals surface area contributed by atoms with Crippen molar-refractivity contribution in [1.29, 1.82) is 0 Å². The minimum absolute atomic E-state index is 0.0875. The van der Waals surface area contributed by atoms with Gasteiger partial charge in [0.2, 0.25) is 0 Å². The zero-order chi connectivity index (χ0) is 17.6. The molecule has 2 aromatic heterocycles. The molecule has 0 aliphatic rings. The Morgan fingerprint density at radius 2 is 2.04 bits per heavy atom. The molecule has 0 spiro atoms. The van der Waals surface area contributed by atoms with Gasteiger partial charge in [-0.1, -0.05) is 17.3 Å². The van der Waals surface area contributed by atoms with Crippen LogP contribution >= 0.6 is 0 Å². The van der Waals surface area contributed by atoms with E-state index in [9.17, 15) is 4.79 Å². The van der Waals surface area contributed by atoms with E-state index in [0.29, 0.717) is 12.1 Å². The van der Waals surface area contributed by atoms with E-state index in [0.717, 1.165) is 24.4 Å². The molecule has 1 amide bonds. The van der Waals surface area contributed by atoms with Crippen molar-refractivity contribution in [2.75, 3.05) is 6.54 Å². The van der Waals surface area contributed by atoms with E-state index in [4.69, 9.17) is 0 Å². The number of amides is 1. The average Bonchev–Trinajstić information content (AvgIpc) is 3.30. The van der Waals surface area contributed by atoms with Gasteiger partial charge in [-0.05, 0) is 32.4 Å². The fraction of sp³-hybridized carbons (Fsp3) is 0.353. The van der Waals surface area contributed by atoms with E-state index in [1.165, 1.54) is 0 Å². The molecule has 0 unspecified atom stereocenters. The minimum atomic E-state index is -0.0875. The van der Waals surface area contributed by atoms with E-state index in [1.54, 1.807) is 35.5 Å². The maximum atomic E-state index is 12.2. The van der Waals surface area contributed by atoms with Crippen LogP contribution in [0.2, 0.25) is 0 Å². The first-order valence-corrected chi connectivity index (χ1v) is 8.27. The molecule has 0 saturated heterocycles. The molecule has 0 bridgehead atoms. The zero-order valence-corrected chi connectivity index (χ0v) is 14.3. The fourth-order valence-electron chi connectivity index (χ4n) is 2.50. The average molecular weight is 339 g/mol. The second-order valence-corrected chi connectivity index (χ2v) is 5.97. The largest absolute Gasteiger partial charge is 0.352 e. The molecule has 2 heterocycles. The number of nitrogens with one attached hydrogen (secondary N) is 1. The van der Waals surface area contributed by atoms with E-state index in [2.05, 4.69) is 39.6 Å². The topological polar surface area (TPSA) is 90.5 Å². The first kappa shape index (κ1) is 16.8. The molecule has 1 N–H and O–H groups in total. The molecule has 1 aromatic carbocycles. The molecule has 3 aromatic rings. The Balaban J connectivity index is 1.56. The number of aromatic nitrogens is 6. The maximum Gasteiger partial charge on any atom is 0.251 e. The van der Waals surface area contributed by atoms with Gasteiger partial charge in [-0.2, -0.15) is 5.10 Å². The van der Waals surface area contributed by atoms with Gasteiger partial charge >= 0.3 is 0 Å². The highest BCUT2D eigenvalue weighted by atomic mass is 16.1. The Morgan fingerprint density at radius 1 is 1.24 bits per heavy atom. The van der Waals surface area contributed by atoms with Gasteiger partial charge in [0.25, 0.3) is 5.91 Å². The monoisotopic (exact) mass is 339 g/mol. The SMILES string of the molecule is CC(C)n1ncnc1-c1ccc(C(=O)NCCCn2ccnn2)cc1. The summed E-state index contributed by atoms with van der Waals surface area (Å²) in [7, 11) is 0. The highest BCUT2D eigenvalue weighted by Crippen LogP contribution is 2.20. The molecule has 0 aliphatic carbocycles. The summed E-state index contributed by atoms with van der Waals surface area (Å²) in [5.74, 6) is 0.713. The van der Waals surface area contributed by atoms with Crippen LogP contribution in [0.15, 0.2) is 43.0 Å². The normalized spacial score (nSPS) is 11.0. The standard InChI is InChI=1S/C17H21N7O/c1-13(2)24-16(19-12-21-24)14-4-6-15(7-5-14)17(25)18-8-3-10-23-11-9-20-22-23/h4-7,9,11-13H,3,8,10H2,1-2H3,(H,18,25). The van der Waals surface area contributed by atoms with Crippen molar-refractivity contribution in [3.8, 4) is 11.4 Å². The molecule has 8 heteroatoms. The van der Waals surface area contributed by atoms with Gasteiger partial charge in [0.15, 0.2) is 5.82 Å². The molecular formula is C17H21N7O. The Bertz CT molecular complexity index is 806. The highest BCUT2D eigenvalue weighted by molar-refractivity contribution is 5.94. The Labute approximate surface area is 145 Å². The lowest BCUT2D eigenvalue weighted by molar-refractivity contribution is 0.0952. The summed E-state index contributed by atoms with van der Waals surface area (Å²) in [5, 5.41) is 14.8. The number of hydrogen-bond acceptors (Lipinski definition) is 5. The maximum absolute atomic E-state index is 12.2. The number of carbonyl (C=O) groups is 1. The summed E-state index contributed by atoms with van der Waals surface area (Å²) in [4.78, 5) is 16.5. The third-order valence-electron chi connectivity index (χ3n) is 3.79. The number of hydrogen-bond donors (Lipinski definition) is 1. The first-order chi connectivity index (χ1) is 12.1. The van der Waals surface area contributed by atoms with Crippen LogP contribution in [0.4, 0.5) is 0 Å². The van der Waals surface area contributed by atoms with Gasteiger partial charge in [0.05, 0.1) is 6.20 Å². The van der Waals surface area contributed by atoms with Gasteiger partial charge in [0, 0.05) is 36.5 Å². The lowest BCUT2D eigenvalue weighted by Gasteiger charge is -2.10. The molecule has 0 saturated carbocycles. The third-order valence-corrected chi connectivity index (χ3v) is 3.79. The van der Waals surface area contributed by atoms with Gasteiger partial charge < -0.3 is 5.32 Å². The quantitative estimate of drug-likeness (QED) is 0.664. The zero-order valence-electron chi connectivity index (χ0n) is 14.3. The van der Waals surface area contributed by atoms with Crippen LogP contribution in [0.25, 0.3) is 11.4 Å². The number of benzene rings is 1. The second-order valence-electron chi connectivity index (χ2n) is 5.97. The van der Waals surface area contributed by atoms with Crippen LogP contribution in [-0.4, -0.2) is 42.2 Å². The molecule has 0 aliphatic heterocycles. The van der Waals surface area contributed by atoms with Crippen LogP contribution in [0.5, 0.6) is 0 Å². The van der Waals surface area contributed by atoms with Gasteiger partial charge in [-0.25, -0.2) is 9.67 Å². The number of nitrogens with zero attached hydrogens (tertiary/aromatic N) is 6. The minimum Gasteiger partial charge on any atom is -0.352 e. The van der Waals surface area contributed by atoms with E-state index in [-0.39, 0.29) is 11.9 Å². The molecule has 3 rings (SSSR count). The summed E-state index contributed by atoms with van der Waals surface area (Å²) >= 11 is 0. The van der Waals surface area contributed by atoms with Crippen LogP contribution in [0.1, 0.15) is 36.7 Å². The third kappa shape index (κ3) is 4.09. The molecule has 0 atom stereocenters. The van der Waals surface area contributed by atoms with Crippen LogP contribution < -0.4 is 5.32 Å². The summed E-state index contributed by atoms with van der Waals surface area (Å²) in [6, 6.07) is 7.63. The molecule has 25 heavy (non-hydrogen) atoms. The van der Waals surface area contributed by atoms with Crippen molar-refractivity contribution >= 4 is 5.91 Å². The smallest absolute Gasteiger partial charge is 0.251 e. The second kappa shape index (κ2) is 7.69. The fourth-order valence-corrected chi connectivity index (χ4v) is 2.50.